The van der Waals surface area contributed by atoms with Crippen molar-refractivity contribution in [3.8, 4) is 0 Å². The number of nitrogens with zero attached hydrogens (tertiary/aromatic N) is 2. The van der Waals surface area contributed by atoms with Crippen LogP contribution in [0, 0.1) is 5.92 Å². The SMILES string of the molecule is O=C(CCc1ccccc1)NCC1CCN(c2nc3ccccc3o2)CC1. The summed E-state index contributed by atoms with van der Waals surface area (Å²) in [5.74, 6) is 0.659. The molecule has 2 aromatic carbocycles. The average molecular weight is 363 g/mol. The number of carbonyl (C=O) groups is 1. The number of carbonyl (C=O) groups excluding carboxylic acids is 1. The number of rotatable bonds is 6. The van der Waals surface area contributed by atoms with Crippen LogP contribution in [0.15, 0.2) is 59.0 Å². The van der Waals surface area contributed by atoms with E-state index in [1.807, 2.05) is 42.5 Å². The van der Waals surface area contributed by atoms with Crippen LogP contribution < -0.4 is 10.2 Å². The predicted octanol–water partition coefficient (Wildman–Crippen LogP) is 3.79. The molecule has 5 heteroatoms. The highest BCUT2D eigenvalue weighted by Crippen LogP contribution is 2.26. The van der Waals surface area contributed by atoms with E-state index in [2.05, 4.69) is 27.3 Å². The van der Waals surface area contributed by atoms with Gasteiger partial charge in [0.1, 0.15) is 5.52 Å². The van der Waals surface area contributed by atoms with E-state index in [4.69, 9.17) is 4.42 Å². The third kappa shape index (κ3) is 4.48. The zero-order valence-corrected chi connectivity index (χ0v) is 15.4. The van der Waals surface area contributed by atoms with E-state index in [0.717, 1.165) is 50.0 Å². The number of anilines is 1. The summed E-state index contributed by atoms with van der Waals surface area (Å²) in [6, 6.07) is 18.7. The first-order valence-electron chi connectivity index (χ1n) is 9.69. The Labute approximate surface area is 159 Å². The van der Waals surface area contributed by atoms with Gasteiger partial charge in [-0.15, -0.1) is 0 Å². The van der Waals surface area contributed by atoms with Crippen molar-refractivity contribution in [1.82, 2.24) is 10.3 Å². The van der Waals surface area contributed by atoms with E-state index in [9.17, 15) is 4.79 Å². The molecule has 0 radical (unpaired) electrons. The molecule has 0 unspecified atom stereocenters. The van der Waals surface area contributed by atoms with Gasteiger partial charge in [-0.05, 0) is 42.9 Å². The molecule has 1 aromatic heterocycles. The van der Waals surface area contributed by atoms with E-state index in [1.54, 1.807) is 0 Å². The standard InChI is InChI=1S/C22H25N3O2/c26-21(11-10-17-6-2-1-3-7-17)23-16-18-12-14-25(15-13-18)22-24-19-8-4-5-9-20(19)27-22/h1-9,18H,10-16H2,(H,23,26). The lowest BCUT2D eigenvalue weighted by Crippen LogP contribution is -2.38. The highest BCUT2D eigenvalue weighted by molar-refractivity contribution is 5.76. The van der Waals surface area contributed by atoms with Crippen LogP contribution in [0.3, 0.4) is 0 Å². The number of hydrogen-bond donors (Lipinski definition) is 1. The fourth-order valence-corrected chi connectivity index (χ4v) is 3.57. The fourth-order valence-electron chi connectivity index (χ4n) is 3.57. The molecule has 1 amide bonds. The zero-order chi connectivity index (χ0) is 18.5. The largest absolute Gasteiger partial charge is 0.423 e. The molecule has 4 rings (SSSR count). The van der Waals surface area contributed by atoms with Crippen molar-refractivity contribution >= 4 is 23.0 Å². The van der Waals surface area contributed by atoms with Gasteiger partial charge in [0.25, 0.3) is 6.01 Å². The van der Waals surface area contributed by atoms with Gasteiger partial charge in [0.05, 0.1) is 0 Å². The number of aromatic nitrogens is 1. The molecule has 3 aromatic rings. The summed E-state index contributed by atoms with van der Waals surface area (Å²) in [7, 11) is 0. The Morgan fingerprint density at radius 3 is 2.59 bits per heavy atom. The second kappa shape index (κ2) is 8.25. The second-order valence-electron chi connectivity index (χ2n) is 7.18. The van der Waals surface area contributed by atoms with Crippen molar-refractivity contribution in [3.05, 3.63) is 60.2 Å². The number of nitrogens with one attached hydrogen (secondary N) is 1. The van der Waals surface area contributed by atoms with Gasteiger partial charge in [0.2, 0.25) is 5.91 Å². The number of fused-ring (bicyclic) bond motifs is 1. The number of amides is 1. The number of oxazole rings is 1. The highest BCUT2D eigenvalue weighted by Gasteiger charge is 2.23. The third-order valence-corrected chi connectivity index (χ3v) is 5.24. The zero-order valence-electron chi connectivity index (χ0n) is 15.4. The smallest absolute Gasteiger partial charge is 0.298 e. The molecule has 140 valence electrons. The molecule has 0 aliphatic carbocycles. The van der Waals surface area contributed by atoms with E-state index in [0.29, 0.717) is 18.4 Å². The monoisotopic (exact) mass is 363 g/mol. The van der Waals surface area contributed by atoms with Crippen molar-refractivity contribution in [3.63, 3.8) is 0 Å². The van der Waals surface area contributed by atoms with Gasteiger partial charge < -0.3 is 14.6 Å². The molecular formula is C22H25N3O2. The molecule has 0 bridgehead atoms. The van der Waals surface area contributed by atoms with E-state index < -0.39 is 0 Å². The summed E-state index contributed by atoms with van der Waals surface area (Å²) in [6.07, 6.45) is 3.42. The minimum Gasteiger partial charge on any atom is -0.423 e. The lowest BCUT2D eigenvalue weighted by molar-refractivity contribution is -0.121. The molecule has 5 nitrogen and oxygen atoms in total. The highest BCUT2D eigenvalue weighted by atomic mass is 16.4. The molecular weight excluding hydrogens is 338 g/mol. The molecule has 0 spiro atoms. The Kier molecular flexibility index (Phi) is 5.37. The van der Waals surface area contributed by atoms with E-state index in [1.165, 1.54) is 5.56 Å². The Hall–Kier alpha value is -2.82. The summed E-state index contributed by atoms with van der Waals surface area (Å²) < 4.78 is 5.86. The third-order valence-electron chi connectivity index (χ3n) is 5.24. The molecule has 2 heterocycles. The number of para-hydroxylation sites is 2. The Morgan fingerprint density at radius 2 is 1.81 bits per heavy atom. The molecule has 1 aliphatic heterocycles. The number of piperidine rings is 1. The molecule has 0 atom stereocenters. The topological polar surface area (TPSA) is 58.4 Å². The van der Waals surface area contributed by atoms with Crippen molar-refractivity contribution in [2.75, 3.05) is 24.5 Å². The van der Waals surface area contributed by atoms with Crippen LogP contribution in [-0.2, 0) is 11.2 Å². The maximum Gasteiger partial charge on any atom is 0.298 e. The minimum absolute atomic E-state index is 0.139. The van der Waals surface area contributed by atoms with Gasteiger partial charge in [-0.1, -0.05) is 42.5 Å². The summed E-state index contributed by atoms with van der Waals surface area (Å²) in [6.45, 7) is 2.59. The van der Waals surface area contributed by atoms with Crippen molar-refractivity contribution in [1.29, 1.82) is 0 Å². The maximum atomic E-state index is 12.1. The number of benzene rings is 2. The fraction of sp³-hybridized carbons (Fsp3) is 0.364. The number of aryl methyl sites for hydroxylation is 1. The van der Waals surface area contributed by atoms with Crippen molar-refractivity contribution in [2.45, 2.75) is 25.7 Å². The maximum absolute atomic E-state index is 12.1. The van der Waals surface area contributed by atoms with E-state index in [-0.39, 0.29) is 5.91 Å². The van der Waals surface area contributed by atoms with Crippen LogP contribution in [0.2, 0.25) is 0 Å². The Balaban J connectivity index is 1.20. The lowest BCUT2D eigenvalue weighted by Gasteiger charge is -2.30. The van der Waals surface area contributed by atoms with Crippen LogP contribution in [0.5, 0.6) is 0 Å². The summed E-state index contributed by atoms with van der Waals surface area (Å²) in [4.78, 5) is 18.9. The van der Waals surface area contributed by atoms with Crippen LogP contribution in [0.4, 0.5) is 6.01 Å². The van der Waals surface area contributed by atoms with Crippen LogP contribution in [-0.4, -0.2) is 30.5 Å². The Morgan fingerprint density at radius 1 is 1.07 bits per heavy atom. The molecule has 0 saturated carbocycles. The summed E-state index contributed by atoms with van der Waals surface area (Å²) in [5, 5.41) is 3.10. The first-order valence-corrected chi connectivity index (χ1v) is 9.69. The van der Waals surface area contributed by atoms with Crippen LogP contribution >= 0.6 is 0 Å². The second-order valence-corrected chi connectivity index (χ2v) is 7.18. The molecule has 1 N–H and O–H groups in total. The molecule has 1 fully saturated rings. The van der Waals surface area contributed by atoms with Crippen molar-refractivity contribution < 1.29 is 9.21 Å². The quantitative estimate of drug-likeness (QED) is 0.724. The van der Waals surface area contributed by atoms with E-state index >= 15 is 0 Å². The molecule has 1 saturated heterocycles. The van der Waals surface area contributed by atoms with Crippen LogP contribution in [0.1, 0.15) is 24.8 Å². The molecule has 1 aliphatic rings. The lowest BCUT2D eigenvalue weighted by atomic mass is 9.97. The average Bonchev–Trinajstić information content (AvgIpc) is 3.16. The first kappa shape index (κ1) is 17.6. The first-order chi connectivity index (χ1) is 13.3. The minimum atomic E-state index is 0.139. The van der Waals surface area contributed by atoms with Gasteiger partial charge >= 0.3 is 0 Å². The van der Waals surface area contributed by atoms with Crippen molar-refractivity contribution in [2.24, 2.45) is 5.92 Å². The predicted molar refractivity (Wildman–Crippen MR) is 107 cm³/mol. The van der Waals surface area contributed by atoms with Gasteiger partial charge in [-0.25, -0.2) is 0 Å². The normalized spacial score (nSPS) is 15.2. The summed E-state index contributed by atoms with van der Waals surface area (Å²) in [5.41, 5.74) is 2.94. The van der Waals surface area contributed by atoms with Gasteiger partial charge in [0, 0.05) is 26.1 Å². The Bertz CT molecular complexity index is 850. The van der Waals surface area contributed by atoms with Gasteiger partial charge in [-0.2, -0.15) is 4.98 Å². The van der Waals surface area contributed by atoms with Crippen LogP contribution in [0.25, 0.3) is 11.1 Å². The summed E-state index contributed by atoms with van der Waals surface area (Å²) >= 11 is 0. The van der Waals surface area contributed by atoms with Gasteiger partial charge in [0.15, 0.2) is 5.58 Å². The van der Waals surface area contributed by atoms with Gasteiger partial charge in [-0.3, -0.25) is 4.79 Å². The number of hydrogen-bond acceptors (Lipinski definition) is 4. The molecule has 27 heavy (non-hydrogen) atoms.